The SMILES string of the molecule is CCCCC/C=C\C/C=C\CCCCCCCCCC(=O)OCCCCCCCCCCCCCC/C=C\CCCCCCCCCCCCCC(=O)NC(CO)C(O)/C=C/CCCCCCCCCCCCCCCC. The Balaban J connectivity index is 3.40. The largest absolute Gasteiger partial charge is 0.466 e. The van der Waals surface area contributed by atoms with E-state index in [1.54, 1.807) is 6.08 Å². The second-order valence-corrected chi connectivity index (χ2v) is 23.5. The van der Waals surface area contributed by atoms with Crippen LogP contribution in [-0.4, -0.2) is 47.4 Å². The van der Waals surface area contributed by atoms with Crippen molar-refractivity contribution in [2.45, 2.75) is 379 Å². The predicted octanol–water partition coefficient (Wildman–Crippen LogP) is 22.1. The summed E-state index contributed by atoms with van der Waals surface area (Å²) in [7, 11) is 0. The van der Waals surface area contributed by atoms with E-state index in [1.807, 2.05) is 6.08 Å². The van der Waals surface area contributed by atoms with Gasteiger partial charge in [0, 0.05) is 12.8 Å². The third-order valence-electron chi connectivity index (χ3n) is 15.8. The summed E-state index contributed by atoms with van der Waals surface area (Å²) in [5.74, 6) is -0.0601. The molecule has 1 amide bonds. The number of aliphatic hydroxyl groups excluding tert-OH is 2. The molecule has 0 aromatic carbocycles. The Labute approximate surface area is 480 Å². The summed E-state index contributed by atoms with van der Waals surface area (Å²) in [6.45, 7) is 4.90. The molecule has 0 aliphatic heterocycles. The summed E-state index contributed by atoms with van der Waals surface area (Å²) >= 11 is 0. The standard InChI is InChI=1S/C71H133NO5/c1-3-5-7-9-11-13-15-17-19-32-37-41-45-49-53-57-61-65-71(76)77-66-62-58-54-50-46-42-38-34-31-29-27-25-23-21-22-24-26-28-30-33-36-40-44-48-52-56-60-64-70(75)72-68(67-73)69(74)63-59-55-51-47-43-39-35-20-18-16-14-12-10-8-6-4-2/h11,13,17,19,21-22,59,63,68-69,73-74H,3-10,12,14-16,18,20,23-58,60-62,64-67H2,1-2H3,(H,72,75)/b13-11-,19-17-,22-21-,63-59+. The van der Waals surface area contributed by atoms with Crippen LogP contribution in [0.2, 0.25) is 0 Å². The molecular formula is C71H133NO5. The van der Waals surface area contributed by atoms with Crippen LogP contribution in [0, 0.1) is 0 Å². The fourth-order valence-electron chi connectivity index (χ4n) is 10.5. The molecule has 0 radical (unpaired) electrons. The van der Waals surface area contributed by atoms with Crippen LogP contribution in [0.3, 0.4) is 0 Å². The number of esters is 1. The molecule has 77 heavy (non-hydrogen) atoms. The molecule has 0 aliphatic carbocycles. The second-order valence-electron chi connectivity index (χ2n) is 23.5. The van der Waals surface area contributed by atoms with Crippen LogP contribution >= 0.6 is 0 Å². The summed E-state index contributed by atoms with van der Waals surface area (Å²) in [6.07, 6.45) is 86.1. The fourth-order valence-corrected chi connectivity index (χ4v) is 10.5. The molecule has 6 heteroatoms. The number of aliphatic hydroxyl groups is 2. The predicted molar refractivity (Wildman–Crippen MR) is 338 cm³/mol. The van der Waals surface area contributed by atoms with Gasteiger partial charge < -0.3 is 20.3 Å². The van der Waals surface area contributed by atoms with E-state index >= 15 is 0 Å². The number of allylic oxidation sites excluding steroid dienone is 7. The Bertz CT molecular complexity index is 1290. The lowest BCUT2D eigenvalue weighted by atomic mass is 10.0. The highest BCUT2D eigenvalue weighted by Crippen LogP contribution is 2.18. The van der Waals surface area contributed by atoms with Crippen molar-refractivity contribution < 1.29 is 24.5 Å². The first-order valence-electron chi connectivity index (χ1n) is 34.4. The second kappa shape index (κ2) is 66.3. The number of carbonyl (C=O) groups excluding carboxylic acids is 2. The van der Waals surface area contributed by atoms with E-state index in [0.29, 0.717) is 19.4 Å². The first kappa shape index (κ1) is 74.8. The van der Waals surface area contributed by atoms with Crippen LogP contribution in [0.1, 0.15) is 367 Å². The molecule has 0 heterocycles. The number of ether oxygens (including phenoxy) is 1. The van der Waals surface area contributed by atoms with E-state index in [-0.39, 0.29) is 18.5 Å². The molecule has 2 atom stereocenters. The van der Waals surface area contributed by atoms with Gasteiger partial charge in [0.2, 0.25) is 5.91 Å². The average molecular weight is 1080 g/mol. The first-order valence-corrected chi connectivity index (χ1v) is 34.4. The lowest BCUT2D eigenvalue weighted by molar-refractivity contribution is -0.143. The van der Waals surface area contributed by atoms with Crippen LogP contribution in [0.5, 0.6) is 0 Å². The maximum atomic E-state index is 12.5. The van der Waals surface area contributed by atoms with Gasteiger partial charge in [-0.2, -0.15) is 0 Å². The zero-order chi connectivity index (χ0) is 55.7. The van der Waals surface area contributed by atoms with E-state index in [9.17, 15) is 19.8 Å². The minimum absolute atomic E-state index is 0.00699. The van der Waals surface area contributed by atoms with Gasteiger partial charge in [0.25, 0.3) is 0 Å². The van der Waals surface area contributed by atoms with Crippen molar-refractivity contribution in [3.8, 4) is 0 Å². The summed E-state index contributed by atoms with van der Waals surface area (Å²) in [4.78, 5) is 24.6. The van der Waals surface area contributed by atoms with Crippen LogP contribution in [0.4, 0.5) is 0 Å². The quantitative estimate of drug-likeness (QED) is 0.0320. The van der Waals surface area contributed by atoms with Crippen molar-refractivity contribution in [1.82, 2.24) is 5.32 Å². The van der Waals surface area contributed by atoms with Crippen LogP contribution in [-0.2, 0) is 14.3 Å². The number of hydrogen-bond donors (Lipinski definition) is 3. The van der Waals surface area contributed by atoms with E-state index < -0.39 is 12.1 Å². The molecule has 3 N–H and O–H groups in total. The van der Waals surface area contributed by atoms with Gasteiger partial charge in [-0.15, -0.1) is 0 Å². The molecule has 2 unspecified atom stereocenters. The number of hydrogen-bond acceptors (Lipinski definition) is 5. The van der Waals surface area contributed by atoms with Gasteiger partial charge in [0.15, 0.2) is 0 Å². The Morgan fingerprint density at radius 3 is 1.03 bits per heavy atom. The Kier molecular flexibility index (Phi) is 64.5. The van der Waals surface area contributed by atoms with Gasteiger partial charge in [0.1, 0.15) is 0 Å². The minimum atomic E-state index is -0.846. The summed E-state index contributed by atoms with van der Waals surface area (Å²) in [5.41, 5.74) is 0. The van der Waals surface area contributed by atoms with Crippen LogP contribution in [0.25, 0.3) is 0 Å². The fraction of sp³-hybridized carbons (Fsp3) is 0.859. The lowest BCUT2D eigenvalue weighted by Crippen LogP contribution is -2.45. The van der Waals surface area contributed by atoms with E-state index in [1.165, 1.54) is 289 Å². The zero-order valence-electron chi connectivity index (χ0n) is 51.7. The number of nitrogens with one attached hydrogen (secondary N) is 1. The first-order chi connectivity index (χ1) is 38.0. The third kappa shape index (κ3) is 62.9. The van der Waals surface area contributed by atoms with Crippen LogP contribution < -0.4 is 5.32 Å². The molecule has 0 saturated carbocycles. The Morgan fingerprint density at radius 1 is 0.364 bits per heavy atom. The maximum Gasteiger partial charge on any atom is 0.305 e. The van der Waals surface area contributed by atoms with Crippen LogP contribution in [0.15, 0.2) is 48.6 Å². The summed E-state index contributed by atoms with van der Waals surface area (Å²) in [5, 5.41) is 23.2. The average Bonchev–Trinajstić information content (AvgIpc) is 3.43. The number of unbranched alkanes of at least 4 members (excludes halogenated alkanes) is 47. The lowest BCUT2D eigenvalue weighted by Gasteiger charge is -2.20. The van der Waals surface area contributed by atoms with Crippen molar-refractivity contribution in [3.05, 3.63) is 48.6 Å². The van der Waals surface area contributed by atoms with Gasteiger partial charge in [-0.1, -0.05) is 313 Å². The highest BCUT2D eigenvalue weighted by Gasteiger charge is 2.18. The van der Waals surface area contributed by atoms with E-state index in [0.717, 1.165) is 51.4 Å². The van der Waals surface area contributed by atoms with E-state index in [4.69, 9.17) is 4.74 Å². The molecule has 0 bridgehead atoms. The number of rotatable bonds is 64. The smallest absolute Gasteiger partial charge is 0.305 e. The molecule has 0 aromatic heterocycles. The molecule has 0 aromatic rings. The summed E-state index contributed by atoms with van der Waals surface area (Å²) in [6, 6.07) is -0.629. The molecule has 0 fully saturated rings. The maximum absolute atomic E-state index is 12.5. The molecule has 0 spiro atoms. The van der Waals surface area contributed by atoms with Crippen molar-refractivity contribution in [1.29, 1.82) is 0 Å². The monoisotopic (exact) mass is 1080 g/mol. The Hall–Kier alpha value is -2.18. The van der Waals surface area contributed by atoms with Gasteiger partial charge in [-0.25, -0.2) is 0 Å². The van der Waals surface area contributed by atoms with E-state index in [2.05, 4.69) is 55.6 Å². The van der Waals surface area contributed by atoms with Gasteiger partial charge >= 0.3 is 5.97 Å². The highest BCUT2D eigenvalue weighted by atomic mass is 16.5. The number of amides is 1. The van der Waals surface area contributed by atoms with Crippen molar-refractivity contribution >= 4 is 11.9 Å². The van der Waals surface area contributed by atoms with Crippen molar-refractivity contribution in [2.75, 3.05) is 13.2 Å². The van der Waals surface area contributed by atoms with Crippen molar-refractivity contribution in [2.24, 2.45) is 0 Å². The van der Waals surface area contributed by atoms with Gasteiger partial charge in [-0.05, 0) is 89.9 Å². The highest BCUT2D eigenvalue weighted by molar-refractivity contribution is 5.76. The molecule has 0 aliphatic rings. The minimum Gasteiger partial charge on any atom is -0.466 e. The zero-order valence-corrected chi connectivity index (χ0v) is 51.7. The number of carbonyl (C=O) groups is 2. The van der Waals surface area contributed by atoms with Crippen molar-refractivity contribution in [3.63, 3.8) is 0 Å². The molecule has 0 saturated heterocycles. The molecular weight excluding hydrogens is 947 g/mol. The third-order valence-corrected chi connectivity index (χ3v) is 15.8. The summed E-state index contributed by atoms with van der Waals surface area (Å²) < 4.78 is 5.50. The molecule has 0 rings (SSSR count). The molecule has 6 nitrogen and oxygen atoms in total. The topological polar surface area (TPSA) is 95.9 Å². The van der Waals surface area contributed by atoms with Gasteiger partial charge in [0.05, 0.1) is 25.4 Å². The molecule has 452 valence electrons. The normalized spacial score (nSPS) is 12.8. The van der Waals surface area contributed by atoms with Gasteiger partial charge in [-0.3, -0.25) is 9.59 Å². The Morgan fingerprint density at radius 2 is 0.649 bits per heavy atom.